The molecule has 0 saturated heterocycles. The van der Waals surface area contributed by atoms with E-state index in [1.165, 1.54) is 98.8 Å². The van der Waals surface area contributed by atoms with Crippen LogP contribution < -0.4 is 33.2 Å². The molecule has 7 amide bonds. The number of nitrogens with zero attached hydrogens (tertiary/aromatic N) is 10. The highest BCUT2D eigenvalue weighted by Crippen LogP contribution is 2.24. The second-order valence-electron chi connectivity index (χ2n) is 18.5. The standard InChI is InChI=1S/C27H26ClFN8O4.C23H23ClFN5O5.C4H5N3/c1-15(2)36(12-22(38)33-9-17-4-3-5-20(28)24(17)29)23(39)13-37-21-7-6-16(8-19(21)25(35-37)26(30)40)27(41)34-18-10-31-14-32-11-18;1-12(2)29(10-18(31)27-9-14-4-3-5-16(24)20(14)25)19(32)11-30-17-7-6-13(23(34)35)8-15(17)21(28-30)22(26)33;5-4-1-6-3-7-2-4/h3-8,10-11,14-15H,9,12-13H2,1-2H3,(H2,30,40)(H,33,38)(H,34,41);3-8,12H,9-11H2,1-2H3,(H2,26,33)(H,27,31)(H,34,35);1-3H,5H2. The molecule has 0 unspecified atom stereocenters. The number of nitrogens with two attached hydrogens (primary N) is 3. The van der Waals surface area contributed by atoms with E-state index in [9.17, 15) is 52.2 Å². The van der Waals surface area contributed by atoms with Gasteiger partial charge in [-0.1, -0.05) is 47.5 Å². The summed E-state index contributed by atoms with van der Waals surface area (Å²) in [6.07, 6.45) is 8.72. The molecule has 4 heterocycles. The maximum atomic E-state index is 14.1. The SMILES string of the molecule is CC(C)N(CC(=O)NCc1cccc(Cl)c1F)C(=O)Cn1nc(C(N)=O)c2cc(C(=O)Nc3cncnc3)ccc21.CC(C)N(CC(=O)NCc1cccc(Cl)c1F)C(=O)Cn1nc(C(N)=O)c2cc(C(=O)O)ccc21.Nc1cncnc1. The van der Waals surface area contributed by atoms with Gasteiger partial charge in [-0.15, -0.1) is 0 Å². The van der Waals surface area contributed by atoms with Crippen LogP contribution in [0, 0.1) is 11.6 Å². The Morgan fingerprint density at radius 3 is 1.41 bits per heavy atom. The average Bonchev–Trinajstić information content (AvgIpc) is 4.06. The topological polar surface area (TPSA) is 365 Å². The molecule has 8 rings (SSSR count). The molecule has 10 N–H and O–H groups in total. The van der Waals surface area contributed by atoms with Crippen LogP contribution in [0.5, 0.6) is 0 Å². The Morgan fingerprint density at radius 2 is 1.02 bits per heavy atom. The van der Waals surface area contributed by atoms with E-state index in [2.05, 4.69) is 46.1 Å². The molecule has 0 radical (unpaired) electrons. The van der Waals surface area contributed by atoms with Gasteiger partial charge in [-0.2, -0.15) is 10.2 Å². The average molecular weight is 1180 g/mol. The molecule has 0 spiro atoms. The van der Waals surface area contributed by atoms with Gasteiger partial charge < -0.3 is 48.1 Å². The van der Waals surface area contributed by atoms with Crippen LogP contribution in [0.2, 0.25) is 10.0 Å². The van der Waals surface area contributed by atoms with E-state index in [0.717, 1.165) is 0 Å². The summed E-state index contributed by atoms with van der Waals surface area (Å²) in [4.78, 5) is 117. The van der Waals surface area contributed by atoms with Crippen LogP contribution in [0.1, 0.15) is 80.5 Å². The highest BCUT2D eigenvalue weighted by molar-refractivity contribution is 6.31. The van der Waals surface area contributed by atoms with E-state index < -0.39 is 59.0 Å². The van der Waals surface area contributed by atoms with E-state index >= 15 is 0 Å². The summed E-state index contributed by atoms with van der Waals surface area (Å²) in [5.74, 6) is -6.61. The van der Waals surface area contributed by atoms with Gasteiger partial charge in [0.1, 0.15) is 37.4 Å². The first-order chi connectivity index (χ1) is 39.4. The third-order valence-electron chi connectivity index (χ3n) is 12.0. The van der Waals surface area contributed by atoms with Crippen molar-refractivity contribution in [2.75, 3.05) is 24.1 Å². The Bertz CT molecular complexity index is 3720. The maximum Gasteiger partial charge on any atom is 0.335 e. The van der Waals surface area contributed by atoms with Crippen molar-refractivity contribution in [3.05, 3.63) is 166 Å². The number of hydrogen-bond donors (Lipinski definition) is 7. The van der Waals surface area contributed by atoms with E-state index in [0.29, 0.717) is 22.4 Å². The Labute approximate surface area is 481 Å². The number of aromatic carboxylic acids is 1. The van der Waals surface area contributed by atoms with Crippen LogP contribution in [0.15, 0.2) is 110 Å². The van der Waals surface area contributed by atoms with Crippen molar-refractivity contribution in [3.8, 4) is 0 Å². The van der Waals surface area contributed by atoms with Gasteiger partial charge in [-0.3, -0.25) is 42.9 Å². The van der Waals surface area contributed by atoms with Gasteiger partial charge in [0, 0.05) is 52.6 Å². The fraction of sp³-hybridized carbons (Fsp3) is 0.222. The zero-order valence-corrected chi connectivity index (χ0v) is 46.2. The third kappa shape index (κ3) is 16.5. The number of anilines is 2. The Kier molecular flexibility index (Phi) is 21.3. The fourth-order valence-electron chi connectivity index (χ4n) is 7.85. The smallest absolute Gasteiger partial charge is 0.335 e. The molecule has 4 aromatic carbocycles. The van der Waals surface area contributed by atoms with Crippen molar-refractivity contribution < 1.29 is 52.2 Å². The second-order valence-corrected chi connectivity index (χ2v) is 19.3. The first-order valence-electron chi connectivity index (χ1n) is 24.8. The number of rotatable bonds is 19. The molecule has 0 bridgehead atoms. The Balaban J connectivity index is 0.000000240. The minimum Gasteiger partial charge on any atom is -0.478 e. The molecule has 432 valence electrons. The first kappa shape index (κ1) is 62.2. The number of halogens is 4. The summed E-state index contributed by atoms with van der Waals surface area (Å²) < 4.78 is 30.7. The number of nitrogen functional groups attached to an aromatic ring is 1. The number of benzene rings is 4. The fourth-order valence-corrected chi connectivity index (χ4v) is 8.24. The number of fused-ring (bicyclic) bond motifs is 2. The number of primary amides is 2. The van der Waals surface area contributed by atoms with Crippen molar-refractivity contribution in [3.63, 3.8) is 0 Å². The molecule has 25 nitrogen and oxygen atoms in total. The minimum atomic E-state index is -1.19. The maximum absolute atomic E-state index is 14.1. The highest BCUT2D eigenvalue weighted by atomic mass is 35.5. The lowest BCUT2D eigenvalue weighted by molar-refractivity contribution is -0.138. The Hall–Kier alpha value is -10.0. The highest BCUT2D eigenvalue weighted by Gasteiger charge is 2.26. The van der Waals surface area contributed by atoms with Gasteiger partial charge >= 0.3 is 5.97 Å². The monoisotopic (exact) mass is 1180 g/mol. The van der Waals surface area contributed by atoms with Crippen molar-refractivity contribution >= 4 is 104 Å². The number of aromatic nitrogens is 8. The lowest BCUT2D eigenvalue weighted by Crippen LogP contribution is -2.45. The van der Waals surface area contributed by atoms with Gasteiger partial charge in [0.25, 0.3) is 17.7 Å². The zero-order chi connectivity index (χ0) is 60.7. The summed E-state index contributed by atoms with van der Waals surface area (Å²) in [6.45, 7) is 5.45. The van der Waals surface area contributed by atoms with Crippen LogP contribution in [0.25, 0.3) is 21.8 Å². The van der Waals surface area contributed by atoms with Gasteiger partial charge in [0.15, 0.2) is 11.4 Å². The van der Waals surface area contributed by atoms with Crippen molar-refractivity contribution in [2.24, 2.45) is 11.5 Å². The van der Waals surface area contributed by atoms with Crippen LogP contribution in [0.3, 0.4) is 0 Å². The minimum absolute atomic E-state index is 0.0592. The molecule has 0 atom stereocenters. The van der Waals surface area contributed by atoms with E-state index in [4.69, 9.17) is 40.4 Å². The van der Waals surface area contributed by atoms with E-state index in [1.807, 2.05) is 0 Å². The predicted octanol–water partition coefficient (Wildman–Crippen LogP) is 4.76. The summed E-state index contributed by atoms with van der Waals surface area (Å²) in [5, 5.41) is 25.7. The summed E-state index contributed by atoms with van der Waals surface area (Å²) >= 11 is 11.5. The van der Waals surface area contributed by atoms with Crippen LogP contribution >= 0.6 is 23.2 Å². The number of nitrogens with one attached hydrogen (secondary N) is 3. The molecule has 29 heteroatoms. The molecular formula is C54H54Cl2F2N16O9. The van der Waals surface area contributed by atoms with E-state index in [1.54, 1.807) is 58.3 Å². The van der Waals surface area contributed by atoms with E-state index in [-0.39, 0.29) is 106 Å². The normalized spacial score (nSPS) is 10.8. The largest absolute Gasteiger partial charge is 0.478 e. The molecule has 0 aliphatic carbocycles. The molecule has 0 fully saturated rings. The molecular weight excluding hydrogens is 1130 g/mol. The van der Waals surface area contributed by atoms with Crippen LogP contribution in [-0.2, 0) is 45.4 Å². The van der Waals surface area contributed by atoms with Gasteiger partial charge in [-0.25, -0.2) is 33.5 Å². The van der Waals surface area contributed by atoms with Gasteiger partial charge in [0.05, 0.1) is 75.9 Å². The van der Waals surface area contributed by atoms with Crippen molar-refractivity contribution in [1.82, 2.24) is 59.9 Å². The number of carbonyl (C=O) groups excluding carboxylic acids is 7. The summed E-state index contributed by atoms with van der Waals surface area (Å²) in [6, 6.07) is 16.7. The van der Waals surface area contributed by atoms with Crippen LogP contribution in [-0.4, -0.2) is 127 Å². The summed E-state index contributed by atoms with van der Waals surface area (Å²) in [7, 11) is 0. The lowest BCUT2D eigenvalue weighted by Gasteiger charge is -2.26. The number of hydrogen-bond acceptors (Lipinski definition) is 15. The molecule has 8 aromatic rings. The quantitative estimate of drug-likeness (QED) is 0.0574. The number of carbonyl (C=O) groups is 8. The Morgan fingerprint density at radius 1 is 0.614 bits per heavy atom. The molecule has 83 heavy (non-hydrogen) atoms. The molecule has 0 aliphatic rings. The second kappa shape index (κ2) is 28.4. The summed E-state index contributed by atoms with van der Waals surface area (Å²) in [5.41, 5.74) is 18.1. The van der Waals surface area contributed by atoms with Crippen molar-refractivity contribution in [1.29, 1.82) is 0 Å². The first-order valence-corrected chi connectivity index (χ1v) is 25.6. The molecule has 0 aliphatic heterocycles. The molecule has 0 saturated carbocycles. The molecule has 4 aromatic heterocycles. The number of carboxylic acid groups (broad SMARTS) is 1. The van der Waals surface area contributed by atoms with Crippen LogP contribution in [0.4, 0.5) is 20.2 Å². The predicted molar refractivity (Wildman–Crippen MR) is 300 cm³/mol. The van der Waals surface area contributed by atoms with Gasteiger partial charge in [0.2, 0.25) is 23.6 Å². The zero-order valence-electron chi connectivity index (χ0n) is 44.7. The van der Waals surface area contributed by atoms with Crippen molar-refractivity contribution in [2.45, 2.75) is 66.0 Å². The van der Waals surface area contributed by atoms with Gasteiger partial charge in [-0.05, 0) is 76.2 Å². The third-order valence-corrected chi connectivity index (χ3v) is 12.6. The number of amides is 7. The number of carboxylic acids is 1. The lowest BCUT2D eigenvalue weighted by atomic mass is 10.1.